The van der Waals surface area contributed by atoms with Crippen molar-refractivity contribution < 1.29 is 27.5 Å². The Balaban J connectivity index is 1.78. The van der Waals surface area contributed by atoms with Gasteiger partial charge in [-0.2, -0.15) is 4.31 Å². The molecule has 1 fully saturated rings. The number of ether oxygens (including phenoxy) is 2. The first kappa shape index (κ1) is 22.6. The molecule has 160 valence electrons. The molecule has 0 saturated carbocycles. The van der Waals surface area contributed by atoms with Crippen LogP contribution in [-0.2, 0) is 14.8 Å². The number of methoxy groups -OCH3 is 1. The predicted octanol–water partition coefficient (Wildman–Crippen LogP) is 3.83. The molecule has 2 aromatic carbocycles. The molecule has 7 nitrogen and oxygen atoms in total. The molecule has 3 rings (SSSR count). The van der Waals surface area contributed by atoms with Crippen LogP contribution in [0.4, 0.5) is 0 Å². The molecule has 0 bridgehead atoms. The molecule has 10 heteroatoms. The molecule has 0 aromatic heterocycles. The van der Waals surface area contributed by atoms with E-state index in [0.29, 0.717) is 18.1 Å². The van der Waals surface area contributed by atoms with Crippen LogP contribution in [0.1, 0.15) is 33.6 Å². The molecule has 0 N–H and O–H groups in total. The minimum atomic E-state index is -3.82. The third kappa shape index (κ3) is 4.78. The Morgan fingerprint density at radius 1 is 1.07 bits per heavy atom. The smallest absolute Gasteiger partial charge is 0.338 e. The number of benzene rings is 2. The van der Waals surface area contributed by atoms with Crippen molar-refractivity contribution in [3.8, 4) is 5.75 Å². The molecule has 1 aliphatic heterocycles. The number of hydrogen-bond donors (Lipinski definition) is 0. The first-order chi connectivity index (χ1) is 14.2. The molecule has 0 radical (unpaired) electrons. The molecule has 0 spiro atoms. The van der Waals surface area contributed by atoms with Gasteiger partial charge in [0.1, 0.15) is 10.6 Å². The number of carbonyl (C=O) groups is 2. The number of Topliss-reactive ketones (excluding diaryl/α,β-unsaturated/α-hetero) is 1. The summed E-state index contributed by atoms with van der Waals surface area (Å²) in [5.74, 6) is -1.22. The van der Waals surface area contributed by atoms with E-state index in [1.165, 1.54) is 47.8 Å². The van der Waals surface area contributed by atoms with Gasteiger partial charge in [0.05, 0.1) is 17.7 Å². The van der Waals surface area contributed by atoms with Gasteiger partial charge in [-0.1, -0.05) is 23.2 Å². The van der Waals surface area contributed by atoms with Gasteiger partial charge in [0.2, 0.25) is 15.8 Å². The number of nitrogens with zero attached hydrogens (tertiary/aromatic N) is 1. The molecule has 2 aromatic rings. The Labute approximate surface area is 184 Å². The van der Waals surface area contributed by atoms with Crippen molar-refractivity contribution in [2.45, 2.75) is 17.7 Å². The van der Waals surface area contributed by atoms with Gasteiger partial charge in [0, 0.05) is 23.7 Å². The molecule has 1 saturated heterocycles. The normalized spacial score (nSPS) is 14.5. The lowest BCUT2D eigenvalue weighted by atomic mass is 10.1. The van der Waals surface area contributed by atoms with Crippen LogP contribution in [0.5, 0.6) is 5.75 Å². The Morgan fingerprint density at radius 2 is 1.77 bits per heavy atom. The summed E-state index contributed by atoms with van der Waals surface area (Å²) in [6.07, 6.45) is 1.55. The van der Waals surface area contributed by atoms with Crippen LogP contribution in [0.3, 0.4) is 0 Å². The van der Waals surface area contributed by atoms with Crippen molar-refractivity contribution in [3.05, 3.63) is 57.6 Å². The first-order valence-corrected chi connectivity index (χ1v) is 11.3. The second kappa shape index (κ2) is 9.34. The molecular weight excluding hydrogens is 453 g/mol. The van der Waals surface area contributed by atoms with Crippen LogP contribution >= 0.6 is 23.2 Å². The van der Waals surface area contributed by atoms with Crippen molar-refractivity contribution in [2.24, 2.45) is 0 Å². The maximum atomic E-state index is 12.9. The summed E-state index contributed by atoms with van der Waals surface area (Å²) < 4.78 is 37.4. The van der Waals surface area contributed by atoms with Crippen molar-refractivity contribution in [3.63, 3.8) is 0 Å². The van der Waals surface area contributed by atoms with Gasteiger partial charge >= 0.3 is 5.97 Å². The second-order valence-electron chi connectivity index (χ2n) is 6.60. The van der Waals surface area contributed by atoms with Crippen LogP contribution in [0.2, 0.25) is 10.0 Å². The Morgan fingerprint density at radius 3 is 2.40 bits per heavy atom. The molecule has 1 aliphatic rings. The maximum Gasteiger partial charge on any atom is 0.338 e. The van der Waals surface area contributed by atoms with E-state index in [9.17, 15) is 18.0 Å². The van der Waals surface area contributed by atoms with Gasteiger partial charge in [-0.15, -0.1) is 0 Å². The quantitative estimate of drug-likeness (QED) is 0.450. The number of sulfonamides is 1. The zero-order valence-electron chi connectivity index (χ0n) is 16.1. The molecule has 0 amide bonds. The summed E-state index contributed by atoms with van der Waals surface area (Å²) in [5.41, 5.74) is 0.157. The molecular formula is C20H19Cl2NO6S. The van der Waals surface area contributed by atoms with Gasteiger partial charge < -0.3 is 9.47 Å². The molecule has 0 unspecified atom stereocenters. The van der Waals surface area contributed by atoms with Crippen molar-refractivity contribution in [1.82, 2.24) is 4.31 Å². The zero-order chi connectivity index (χ0) is 21.9. The number of esters is 1. The largest absolute Gasteiger partial charge is 0.495 e. The third-order valence-corrected chi connectivity index (χ3v) is 7.12. The number of carbonyl (C=O) groups excluding carboxylic acids is 2. The summed E-state index contributed by atoms with van der Waals surface area (Å²) in [6, 6.07) is 8.32. The summed E-state index contributed by atoms with van der Waals surface area (Å²) in [5, 5.41) is 0.519. The predicted molar refractivity (Wildman–Crippen MR) is 112 cm³/mol. The van der Waals surface area contributed by atoms with Gasteiger partial charge in [-0.3, -0.25) is 4.79 Å². The zero-order valence-corrected chi connectivity index (χ0v) is 18.4. The van der Waals surface area contributed by atoms with Crippen LogP contribution in [0.25, 0.3) is 0 Å². The molecule has 1 heterocycles. The average Bonchev–Trinajstić information content (AvgIpc) is 3.27. The van der Waals surface area contributed by atoms with Crippen LogP contribution in [0.15, 0.2) is 41.3 Å². The Hall–Kier alpha value is -2.13. The van der Waals surface area contributed by atoms with Crippen molar-refractivity contribution in [2.75, 3.05) is 26.8 Å². The summed E-state index contributed by atoms with van der Waals surface area (Å²) >= 11 is 11.8. The molecule has 30 heavy (non-hydrogen) atoms. The van der Waals surface area contributed by atoms with E-state index in [-0.39, 0.29) is 26.8 Å². The van der Waals surface area contributed by atoms with E-state index in [4.69, 9.17) is 32.7 Å². The molecule has 0 aliphatic carbocycles. The highest BCUT2D eigenvalue weighted by atomic mass is 35.5. The lowest BCUT2D eigenvalue weighted by Crippen LogP contribution is -2.28. The summed E-state index contributed by atoms with van der Waals surface area (Å²) in [4.78, 5) is 24.6. The lowest BCUT2D eigenvalue weighted by Gasteiger charge is -2.18. The van der Waals surface area contributed by atoms with E-state index < -0.39 is 28.4 Å². The average molecular weight is 472 g/mol. The standard InChI is InChI=1S/C20H19Cl2NO6S/c1-28-18-7-4-13(10-19(18)30(26,27)23-8-2-3-9-23)20(25)29-12-17(24)15-6-5-14(21)11-16(15)22/h4-7,10-11H,2-3,8-9,12H2,1H3. The third-order valence-electron chi connectivity index (χ3n) is 4.65. The number of ketones is 1. The van der Waals surface area contributed by atoms with E-state index in [1.54, 1.807) is 0 Å². The van der Waals surface area contributed by atoms with Crippen molar-refractivity contribution >= 4 is 45.0 Å². The molecule has 0 atom stereocenters. The summed E-state index contributed by atoms with van der Waals surface area (Å²) in [7, 11) is -2.47. The van der Waals surface area contributed by atoms with Crippen LogP contribution < -0.4 is 4.74 Å². The maximum absolute atomic E-state index is 12.9. The fourth-order valence-electron chi connectivity index (χ4n) is 3.08. The number of halogens is 2. The van der Waals surface area contributed by atoms with Gasteiger partial charge in [0.15, 0.2) is 6.61 Å². The van der Waals surface area contributed by atoms with Crippen LogP contribution in [-0.4, -0.2) is 51.3 Å². The minimum Gasteiger partial charge on any atom is -0.495 e. The highest BCUT2D eigenvalue weighted by Gasteiger charge is 2.31. The fraction of sp³-hybridized carbons (Fsp3) is 0.300. The minimum absolute atomic E-state index is 0.0106. The van der Waals surface area contributed by atoms with Gasteiger partial charge in [0.25, 0.3) is 0 Å². The SMILES string of the molecule is COc1ccc(C(=O)OCC(=O)c2ccc(Cl)cc2Cl)cc1S(=O)(=O)N1CCCC1. The highest BCUT2D eigenvalue weighted by molar-refractivity contribution is 7.89. The van der Waals surface area contributed by atoms with E-state index in [0.717, 1.165) is 12.8 Å². The fourth-order valence-corrected chi connectivity index (χ4v) is 5.29. The van der Waals surface area contributed by atoms with E-state index in [2.05, 4.69) is 0 Å². The summed E-state index contributed by atoms with van der Waals surface area (Å²) in [6.45, 7) is 0.271. The first-order valence-electron chi connectivity index (χ1n) is 9.07. The monoisotopic (exact) mass is 471 g/mol. The second-order valence-corrected chi connectivity index (χ2v) is 9.35. The number of hydrogen-bond acceptors (Lipinski definition) is 6. The highest BCUT2D eigenvalue weighted by Crippen LogP contribution is 2.30. The topological polar surface area (TPSA) is 90.0 Å². The van der Waals surface area contributed by atoms with Crippen molar-refractivity contribution in [1.29, 1.82) is 0 Å². The van der Waals surface area contributed by atoms with E-state index in [1.807, 2.05) is 0 Å². The Bertz CT molecular complexity index is 1080. The lowest BCUT2D eigenvalue weighted by molar-refractivity contribution is 0.0474. The van der Waals surface area contributed by atoms with Gasteiger partial charge in [-0.25, -0.2) is 13.2 Å². The van der Waals surface area contributed by atoms with E-state index >= 15 is 0 Å². The number of rotatable bonds is 7. The van der Waals surface area contributed by atoms with Gasteiger partial charge in [-0.05, 0) is 49.2 Å². The van der Waals surface area contributed by atoms with Crippen LogP contribution in [0, 0.1) is 0 Å². The Kier molecular flexibility index (Phi) is 7.02.